The summed E-state index contributed by atoms with van der Waals surface area (Å²) in [5.74, 6) is -0.273. The van der Waals surface area contributed by atoms with Crippen molar-refractivity contribution in [3.63, 3.8) is 0 Å². The van der Waals surface area contributed by atoms with E-state index >= 15 is 0 Å². The SMILES string of the molecule is O=S1(=O)CCC(N(CCO)Cc2cccc(Cl)c2F)C1. The maximum atomic E-state index is 13.9. The van der Waals surface area contributed by atoms with E-state index in [-0.39, 0.29) is 35.7 Å². The van der Waals surface area contributed by atoms with Crippen molar-refractivity contribution in [2.75, 3.05) is 24.7 Å². The first kappa shape index (κ1) is 15.7. The van der Waals surface area contributed by atoms with Crippen LogP contribution < -0.4 is 0 Å². The van der Waals surface area contributed by atoms with Crippen LogP contribution in [0.2, 0.25) is 5.02 Å². The van der Waals surface area contributed by atoms with Gasteiger partial charge in [-0.2, -0.15) is 0 Å². The number of aliphatic hydroxyl groups excluding tert-OH is 1. The van der Waals surface area contributed by atoms with Crippen molar-refractivity contribution in [3.8, 4) is 0 Å². The zero-order chi connectivity index (χ0) is 14.8. The van der Waals surface area contributed by atoms with Gasteiger partial charge in [-0.15, -0.1) is 0 Å². The summed E-state index contributed by atoms with van der Waals surface area (Å²) in [7, 11) is -3.01. The number of rotatable bonds is 5. The molecule has 1 aromatic carbocycles. The van der Waals surface area contributed by atoms with Crippen LogP contribution in [0.5, 0.6) is 0 Å². The lowest BCUT2D eigenvalue weighted by Gasteiger charge is -2.27. The van der Waals surface area contributed by atoms with E-state index in [9.17, 15) is 12.8 Å². The van der Waals surface area contributed by atoms with Crippen LogP contribution in [-0.2, 0) is 16.4 Å². The monoisotopic (exact) mass is 321 g/mol. The van der Waals surface area contributed by atoms with Crippen LogP contribution in [0.1, 0.15) is 12.0 Å². The maximum Gasteiger partial charge on any atom is 0.151 e. The molecular weight excluding hydrogens is 305 g/mol. The molecule has 0 aliphatic carbocycles. The summed E-state index contributed by atoms with van der Waals surface area (Å²) in [5, 5.41) is 9.16. The van der Waals surface area contributed by atoms with Gasteiger partial charge >= 0.3 is 0 Å². The third kappa shape index (κ3) is 3.69. The Labute approximate surface area is 123 Å². The fourth-order valence-electron chi connectivity index (χ4n) is 2.47. The van der Waals surface area contributed by atoms with E-state index in [1.54, 1.807) is 17.0 Å². The Balaban J connectivity index is 2.16. The van der Waals surface area contributed by atoms with Gasteiger partial charge in [0, 0.05) is 24.7 Å². The largest absolute Gasteiger partial charge is 0.395 e. The van der Waals surface area contributed by atoms with E-state index in [2.05, 4.69) is 0 Å². The number of hydrogen-bond donors (Lipinski definition) is 1. The molecule has 0 amide bonds. The summed E-state index contributed by atoms with van der Waals surface area (Å²) in [6.07, 6.45) is 0.518. The molecule has 2 rings (SSSR count). The number of hydrogen-bond acceptors (Lipinski definition) is 4. The summed E-state index contributed by atoms with van der Waals surface area (Å²) in [4.78, 5) is 1.80. The predicted molar refractivity (Wildman–Crippen MR) is 76.0 cm³/mol. The first-order valence-corrected chi connectivity index (χ1v) is 8.61. The van der Waals surface area contributed by atoms with Crippen LogP contribution >= 0.6 is 11.6 Å². The van der Waals surface area contributed by atoms with E-state index in [0.29, 0.717) is 18.5 Å². The predicted octanol–water partition coefficient (Wildman–Crippen LogP) is 1.46. The number of benzene rings is 1. The van der Waals surface area contributed by atoms with E-state index in [1.807, 2.05) is 0 Å². The highest BCUT2D eigenvalue weighted by Crippen LogP contribution is 2.23. The Hall–Kier alpha value is -0.690. The van der Waals surface area contributed by atoms with Crippen LogP contribution in [0.15, 0.2) is 18.2 Å². The summed E-state index contributed by atoms with van der Waals surface area (Å²) < 4.78 is 37.0. The Morgan fingerprint density at radius 1 is 1.45 bits per heavy atom. The first-order chi connectivity index (χ1) is 9.43. The number of halogens is 2. The third-order valence-electron chi connectivity index (χ3n) is 3.52. The highest BCUT2D eigenvalue weighted by molar-refractivity contribution is 7.91. The second-order valence-electron chi connectivity index (χ2n) is 4.96. The smallest absolute Gasteiger partial charge is 0.151 e. The van der Waals surface area contributed by atoms with Crippen molar-refractivity contribution < 1.29 is 17.9 Å². The molecule has 1 N–H and O–H groups in total. The summed E-state index contributed by atoms with van der Waals surface area (Å²) >= 11 is 5.74. The molecule has 1 aliphatic heterocycles. The van der Waals surface area contributed by atoms with Crippen LogP contribution in [0.3, 0.4) is 0 Å². The minimum atomic E-state index is -3.01. The van der Waals surface area contributed by atoms with Gasteiger partial charge in [0.2, 0.25) is 0 Å². The molecule has 7 heteroatoms. The molecule has 0 radical (unpaired) electrons. The molecule has 0 bridgehead atoms. The molecule has 0 aromatic heterocycles. The van der Waals surface area contributed by atoms with Gasteiger partial charge in [-0.05, 0) is 12.5 Å². The lowest BCUT2D eigenvalue weighted by atomic mass is 10.1. The summed E-state index contributed by atoms with van der Waals surface area (Å²) in [6.45, 7) is 0.456. The van der Waals surface area contributed by atoms with Crippen LogP contribution in [-0.4, -0.2) is 49.1 Å². The van der Waals surface area contributed by atoms with Gasteiger partial charge in [0.1, 0.15) is 5.82 Å². The van der Waals surface area contributed by atoms with Crippen molar-refractivity contribution in [1.82, 2.24) is 4.90 Å². The molecule has 20 heavy (non-hydrogen) atoms. The highest BCUT2D eigenvalue weighted by Gasteiger charge is 2.32. The normalized spacial score (nSPS) is 21.5. The van der Waals surface area contributed by atoms with Crippen LogP contribution in [0.25, 0.3) is 0 Å². The molecular formula is C13H17ClFNO3S. The average molecular weight is 322 g/mol. The summed E-state index contributed by atoms with van der Waals surface area (Å²) in [6, 6.07) is 4.57. The number of sulfone groups is 1. The van der Waals surface area contributed by atoms with Gasteiger partial charge in [-0.25, -0.2) is 12.8 Å². The minimum Gasteiger partial charge on any atom is -0.395 e. The Bertz CT molecular complexity index is 579. The molecule has 1 heterocycles. The van der Waals surface area contributed by atoms with Gasteiger partial charge in [0.25, 0.3) is 0 Å². The van der Waals surface area contributed by atoms with Gasteiger partial charge < -0.3 is 5.11 Å². The Morgan fingerprint density at radius 3 is 2.80 bits per heavy atom. The standard InChI is InChI=1S/C13H17ClFNO3S/c14-12-3-1-2-10(13(12)15)8-16(5-6-17)11-4-7-20(18,19)9-11/h1-3,11,17H,4-9H2. The fourth-order valence-corrected chi connectivity index (χ4v) is 4.43. The average Bonchev–Trinajstić information content (AvgIpc) is 2.74. The first-order valence-electron chi connectivity index (χ1n) is 6.41. The minimum absolute atomic E-state index is 0.0468. The molecule has 1 fully saturated rings. The molecule has 112 valence electrons. The molecule has 1 atom stereocenters. The number of nitrogens with zero attached hydrogens (tertiary/aromatic N) is 1. The molecule has 0 spiro atoms. The second-order valence-corrected chi connectivity index (χ2v) is 7.60. The molecule has 0 saturated carbocycles. The Kier molecular flexibility index (Phi) is 5.01. The van der Waals surface area contributed by atoms with Crippen molar-refractivity contribution in [3.05, 3.63) is 34.6 Å². The van der Waals surface area contributed by atoms with Crippen LogP contribution in [0.4, 0.5) is 4.39 Å². The van der Waals surface area contributed by atoms with Gasteiger partial charge in [0.05, 0.1) is 23.1 Å². The van der Waals surface area contributed by atoms with Gasteiger partial charge in [-0.3, -0.25) is 4.90 Å². The maximum absolute atomic E-state index is 13.9. The molecule has 1 aliphatic rings. The van der Waals surface area contributed by atoms with E-state index in [1.165, 1.54) is 6.07 Å². The van der Waals surface area contributed by atoms with Gasteiger partial charge in [-0.1, -0.05) is 23.7 Å². The van der Waals surface area contributed by atoms with Crippen molar-refractivity contribution >= 4 is 21.4 Å². The summed E-state index contributed by atoms with van der Waals surface area (Å²) in [5.41, 5.74) is 0.412. The van der Waals surface area contributed by atoms with E-state index < -0.39 is 15.7 Å². The molecule has 4 nitrogen and oxygen atoms in total. The van der Waals surface area contributed by atoms with E-state index in [4.69, 9.17) is 16.7 Å². The quantitative estimate of drug-likeness (QED) is 0.892. The van der Waals surface area contributed by atoms with Crippen molar-refractivity contribution in [2.24, 2.45) is 0 Å². The zero-order valence-electron chi connectivity index (χ0n) is 10.9. The molecule has 1 unspecified atom stereocenters. The second kappa shape index (κ2) is 6.39. The molecule has 1 saturated heterocycles. The van der Waals surface area contributed by atoms with E-state index in [0.717, 1.165) is 0 Å². The zero-order valence-corrected chi connectivity index (χ0v) is 12.5. The fraction of sp³-hybridized carbons (Fsp3) is 0.538. The number of aliphatic hydroxyl groups is 1. The third-order valence-corrected chi connectivity index (χ3v) is 5.56. The van der Waals surface area contributed by atoms with Gasteiger partial charge in [0.15, 0.2) is 9.84 Å². The lowest BCUT2D eigenvalue weighted by Crippen LogP contribution is -2.38. The van der Waals surface area contributed by atoms with Crippen molar-refractivity contribution in [1.29, 1.82) is 0 Å². The topological polar surface area (TPSA) is 57.6 Å². The highest BCUT2D eigenvalue weighted by atomic mass is 35.5. The molecule has 1 aromatic rings. The lowest BCUT2D eigenvalue weighted by molar-refractivity contribution is 0.152. The van der Waals surface area contributed by atoms with Crippen LogP contribution in [0, 0.1) is 5.82 Å². The Morgan fingerprint density at radius 2 is 2.20 bits per heavy atom. The van der Waals surface area contributed by atoms with Crippen molar-refractivity contribution in [2.45, 2.75) is 19.0 Å².